The monoisotopic (exact) mass is 192 g/mol. The summed E-state index contributed by atoms with van der Waals surface area (Å²) in [5.74, 6) is -0.624. The second-order valence-corrected chi connectivity index (χ2v) is 3.16. The Kier molecular flexibility index (Phi) is 1.84. The third kappa shape index (κ3) is 1.11. The van der Waals surface area contributed by atoms with Crippen molar-refractivity contribution in [3.63, 3.8) is 0 Å². The van der Waals surface area contributed by atoms with E-state index >= 15 is 0 Å². The SMILES string of the molecule is CC(=O)c1nn(C)c2cccc(F)c12. The topological polar surface area (TPSA) is 34.9 Å². The van der Waals surface area contributed by atoms with E-state index in [1.54, 1.807) is 19.2 Å². The van der Waals surface area contributed by atoms with Crippen molar-refractivity contribution in [2.75, 3.05) is 0 Å². The highest BCUT2D eigenvalue weighted by molar-refractivity contribution is 6.05. The van der Waals surface area contributed by atoms with Gasteiger partial charge in [0.1, 0.15) is 11.5 Å². The summed E-state index contributed by atoms with van der Waals surface area (Å²) in [6.07, 6.45) is 0. The third-order valence-electron chi connectivity index (χ3n) is 2.16. The summed E-state index contributed by atoms with van der Waals surface area (Å²) >= 11 is 0. The first-order valence-electron chi connectivity index (χ1n) is 4.23. The molecule has 3 nitrogen and oxygen atoms in total. The third-order valence-corrected chi connectivity index (χ3v) is 2.16. The highest BCUT2D eigenvalue weighted by Crippen LogP contribution is 2.21. The van der Waals surface area contributed by atoms with Crippen molar-refractivity contribution in [2.45, 2.75) is 6.92 Å². The fourth-order valence-corrected chi connectivity index (χ4v) is 1.52. The van der Waals surface area contributed by atoms with Gasteiger partial charge in [-0.05, 0) is 12.1 Å². The first-order valence-corrected chi connectivity index (χ1v) is 4.23. The lowest BCUT2D eigenvalue weighted by atomic mass is 10.1. The molecule has 0 aliphatic carbocycles. The smallest absolute Gasteiger partial charge is 0.180 e. The number of rotatable bonds is 1. The predicted octanol–water partition coefficient (Wildman–Crippen LogP) is 1.91. The predicted molar refractivity (Wildman–Crippen MR) is 50.7 cm³/mol. The lowest BCUT2D eigenvalue weighted by Crippen LogP contribution is -1.96. The van der Waals surface area contributed by atoms with E-state index in [0.717, 1.165) is 0 Å². The van der Waals surface area contributed by atoms with Gasteiger partial charge >= 0.3 is 0 Å². The van der Waals surface area contributed by atoms with Crippen molar-refractivity contribution in [1.82, 2.24) is 9.78 Å². The van der Waals surface area contributed by atoms with Crippen LogP contribution in [-0.2, 0) is 7.05 Å². The first-order chi connectivity index (χ1) is 6.61. The molecule has 0 aliphatic heterocycles. The Labute approximate surface area is 80.1 Å². The summed E-state index contributed by atoms with van der Waals surface area (Å²) in [4.78, 5) is 11.2. The van der Waals surface area contributed by atoms with Crippen LogP contribution in [0.25, 0.3) is 10.9 Å². The number of nitrogens with zero attached hydrogens (tertiary/aromatic N) is 2. The lowest BCUT2D eigenvalue weighted by Gasteiger charge is -1.93. The number of aryl methyl sites for hydroxylation is 1. The normalized spacial score (nSPS) is 10.8. The van der Waals surface area contributed by atoms with Gasteiger partial charge in [0, 0.05) is 14.0 Å². The molecule has 4 heteroatoms. The van der Waals surface area contributed by atoms with Gasteiger partial charge in [0.15, 0.2) is 5.78 Å². The Hall–Kier alpha value is -1.71. The van der Waals surface area contributed by atoms with E-state index < -0.39 is 5.82 Å². The minimum Gasteiger partial charge on any atom is -0.293 e. The molecule has 72 valence electrons. The number of benzene rings is 1. The van der Waals surface area contributed by atoms with E-state index in [1.807, 2.05) is 0 Å². The van der Waals surface area contributed by atoms with Crippen LogP contribution in [0.1, 0.15) is 17.4 Å². The van der Waals surface area contributed by atoms with Gasteiger partial charge in [-0.15, -0.1) is 0 Å². The average molecular weight is 192 g/mol. The molecule has 0 N–H and O–H groups in total. The van der Waals surface area contributed by atoms with Crippen molar-refractivity contribution in [3.8, 4) is 0 Å². The molecule has 1 aromatic heterocycles. The van der Waals surface area contributed by atoms with E-state index in [4.69, 9.17) is 0 Å². The molecule has 0 fully saturated rings. The second-order valence-electron chi connectivity index (χ2n) is 3.16. The van der Waals surface area contributed by atoms with E-state index in [0.29, 0.717) is 10.9 Å². The molecule has 0 radical (unpaired) electrons. The Morgan fingerprint density at radius 2 is 2.21 bits per heavy atom. The first kappa shape index (κ1) is 8.87. The van der Waals surface area contributed by atoms with Gasteiger partial charge in [0.2, 0.25) is 0 Å². The van der Waals surface area contributed by atoms with Gasteiger partial charge in [-0.1, -0.05) is 6.07 Å². The molecule has 0 unspecified atom stereocenters. The summed E-state index contributed by atoms with van der Waals surface area (Å²) in [6.45, 7) is 1.38. The number of halogens is 1. The Morgan fingerprint density at radius 1 is 1.50 bits per heavy atom. The lowest BCUT2D eigenvalue weighted by molar-refractivity contribution is 0.101. The van der Waals surface area contributed by atoms with Crippen LogP contribution in [0.15, 0.2) is 18.2 Å². The van der Waals surface area contributed by atoms with E-state index in [9.17, 15) is 9.18 Å². The minimum atomic E-state index is -0.402. The molecule has 2 rings (SSSR count). The van der Waals surface area contributed by atoms with Crippen LogP contribution in [0, 0.1) is 5.82 Å². The quantitative estimate of drug-likeness (QED) is 0.647. The summed E-state index contributed by atoms with van der Waals surface area (Å²) in [6, 6.07) is 4.66. The van der Waals surface area contributed by atoms with Crippen molar-refractivity contribution in [3.05, 3.63) is 29.7 Å². The zero-order valence-electron chi connectivity index (χ0n) is 7.91. The molecule has 1 heterocycles. The van der Waals surface area contributed by atoms with Gasteiger partial charge in [0.05, 0.1) is 10.9 Å². The van der Waals surface area contributed by atoms with Gasteiger partial charge in [-0.25, -0.2) is 4.39 Å². The highest BCUT2D eigenvalue weighted by Gasteiger charge is 2.15. The van der Waals surface area contributed by atoms with Crippen LogP contribution < -0.4 is 0 Å². The number of fused-ring (bicyclic) bond motifs is 1. The summed E-state index contributed by atoms with van der Waals surface area (Å²) in [7, 11) is 1.69. The van der Waals surface area contributed by atoms with Crippen molar-refractivity contribution >= 4 is 16.7 Å². The maximum atomic E-state index is 13.4. The molecular weight excluding hydrogens is 183 g/mol. The van der Waals surface area contributed by atoms with Crippen LogP contribution in [0.4, 0.5) is 4.39 Å². The number of aromatic nitrogens is 2. The van der Waals surface area contributed by atoms with Crippen LogP contribution in [-0.4, -0.2) is 15.6 Å². The van der Waals surface area contributed by atoms with Crippen LogP contribution in [0.3, 0.4) is 0 Å². The zero-order chi connectivity index (χ0) is 10.3. The average Bonchev–Trinajstić information content (AvgIpc) is 2.46. The highest BCUT2D eigenvalue weighted by atomic mass is 19.1. The van der Waals surface area contributed by atoms with Crippen LogP contribution in [0.2, 0.25) is 0 Å². The minimum absolute atomic E-state index is 0.195. The number of Topliss-reactive ketones (excluding diaryl/α,β-unsaturated/α-hetero) is 1. The molecular formula is C10H9FN2O. The fraction of sp³-hybridized carbons (Fsp3) is 0.200. The number of hydrogen-bond donors (Lipinski definition) is 0. The molecule has 0 spiro atoms. The maximum Gasteiger partial charge on any atom is 0.180 e. The number of carbonyl (C=O) groups is 1. The standard InChI is InChI=1S/C10H9FN2O/c1-6(14)10-9-7(11)4-3-5-8(9)13(2)12-10/h3-5H,1-2H3. The molecule has 0 bridgehead atoms. The molecule has 0 saturated heterocycles. The van der Waals surface area contributed by atoms with Crippen molar-refractivity contribution in [1.29, 1.82) is 0 Å². The molecule has 0 atom stereocenters. The van der Waals surface area contributed by atoms with Gasteiger partial charge < -0.3 is 0 Å². The summed E-state index contributed by atoms with van der Waals surface area (Å²) < 4.78 is 14.9. The Balaban J connectivity index is 2.93. The van der Waals surface area contributed by atoms with E-state index in [2.05, 4.69) is 5.10 Å². The van der Waals surface area contributed by atoms with Gasteiger partial charge in [-0.2, -0.15) is 5.10 Å². The molecule has 14 heavy (non-hydrogen) atoms. The largest absolute Gasteiger partial charge is 0.293 e. The van der Waals surface area contributed by atoms with E-state index in [1.165, 1.54) is 17.7 Å². The van der Waals surface area contributed by atoms with Gasteiger partial charge in [0.25, 0.3) is 0 Å². The number of ketones is 1. The number of carbonyl (C=O) groups excluding carboxylic acids is 1. The molecule has 0 aliphatic rings. The van der Waals surface area contributed by atoms with Crippen molar-refractivity contribution < 1.29 is 9.18 Å². The fourth-order valence-electron chi connectivity index (χ4n) is 1.52. The second kappa shape index (κ2) is 2.90. The van der Waals surface area contributed by atoms with Crippen LogP contribution >= 0.6 is 0 Å². The molecule has 1 aromatic carbocycles. The molecule has 0 amide bonds. The molecule has 2 aromatic rings. The van der Waals surface area contributed by atoms with Crippen LogP contribution in [0.5, 0.6) is 0 Å². The van der Waals surface area contributed by atoms with Crippen molar-refractivity contribution in [2.24, 2.45) is 7.05 Å². The summed E-state index contributed by atoms with van der Waals surface area (Å²) in [5.41, 5.74) is 0.829. The Bertz CT molecular complexity index is 516. The zero-order valence-corrected chi connectivity index (χ0v) is 7.91. The molecule has 0 saturated carbocycles. The van der Waals surface area contributed by atoms with Gasteiger partial charge in [-0.3, -0.25) is 9.48 Å². The Morgan fingerprint density at radius 3 is 2.86 bits per heavy atom. The summed E-state index contributed by atoms with van der Waals surface area (Å²) in [5, 5.41) is 4.29. The van der Waals surface area contributed by atoms with E-state index in [-0.39, 0.29) is 11.5 Å². The maximum absolute atomic E-state index is 13.4. The number of hydrogen-bond acceptors (Lipinski definition) is 2.